The maximum Gasteiger partial charge on any atom is 0.322 e. The van der Waals surface area contributed by atoms with Gasteiger partial charge in [0.1, 0.15) is 12.3 Å². The first-order chi connectivity index (χ1) is 11.4. The molecule has 2 rings (SSSR count). The van der Waals surface area contributed by atoms with Crippen molar-refractivity contribution in [2.45, 2.75) is 20.3 Å². The van der Waals surface area contributed by atoms with Gasteiger partial charge in [0, 0.05) is 16.8 Å². The summed E-state index contributed by atoms with van der Waals surface area (Å²) >= 11 is 0. The number of aliphatic carboxylic acids is 1. The molecule has 0 aliphatic rings. The van der Waals surface area contributed by atoms with Crippen LogP contribution in [0.2, 0.25) is 0 Å². The van der Waals surface area contributed by atoms with E-state index in [1.807, 2.05) is 0 Å². The number of amides is 2. The van der Waals surface area contributed by atoms with Crippen molar-refractivity contribution in [3.8, 4) is 0 Å². The Bertz CT molecular complexity index is 745. The van der Waals surface area contributed by atoms with Crippen molar-refractivity contribution < 1.29 is 24.0 Å². The van der Waals surface area contributed by atoms with Gasteiger partial charge in [0.05, 0.1) is 12.1 Å². The largest absolute Gasteiger partial charge is 0.480 e. The lowest BCUT2D eigenvalue weighted by Crippen LogP contribution is -2.29. The quantitative estimate of drug-likeness (QED) is 0.733. The topological polar surface area (TPSA) is 122 Å². The molecule has 0 unspecified atom stereocenters. The molecule has 0 saturated carbocycles. The standard InChI is InChI=1S/C16H17N3O5/c1-9-13(10(2)24-19-9)7-14(20)18-12-5-3-11(4-6-12)16(23)17-8-15(21)22/h3-6H,7-8H2,1-2H3,(H,17,23)(H,18,20)(H,21,22). The molecule has 1 aromatic heterocycles. The Kier molecular flexibility index (Phi) is 5.31. The van der Waals surface area contributed by atoms with Gasteiger partial charge in [-0.15, -0.1) is 0 Å². The lowest BCUT2D eigenvalue weighted by molar-refractivity contribution is -0.135. The molecule has 2 amide bonds. The van der Waals surface area contributed by atoms with E-state index in [1.54, 1.807) is 26.0 Å². The zero-order valence-corrected chi connectivity index (χ0v) is 13.3. The van der Waals surface area contributed by atoms with Crippen molar-refractivity contribution in [1.29, 1.82) is 0 Å². The number of hydrogen-bond acceptors (Lipinski definition) is 5. The number of carboxylic acids is 1. The van der Waals surface area contributed by atoms with Crippen LogP contribution in [-0.2, 0) is 16.0 Å². The predicted octanol–water partition coefficient (Wildman–Crippen LogP) is 1.29. The van der Waals surface area contributed by atoms with Gasteiger partial charge in [0.25, 0.3) is 5.91 Å². The molecule has 0 atom stereocenters. The molecule has 0 bridgehead atoms. The molecule has 0 spiro atoms. The Balaban J connectivity index is 1.95. The molecule has 1 heterocycles. The van der Waals surface area contributed by atoms with E-state index in [0.29, 0.717) is 22.7 Å². The third-order valence-corrected chi connectivity index (χ3v) is 3.35. The Hall–Kier alpha value is -3.16. The number of carbonyl (C=O) groups is 3. The van der Waals surface area contributed by atoms with E-state index in [4.69, 9.17) is 9.63 Å². The molecule has 3 N–H and O–H groups in total. The summed E-state index contributed by atoms with van der Waals surface area (Å²) in [6.45, 7) is 3.06. The van der Waals surface area contributed by atoms with E-state index < -0.39 is 18.4 Å². The highest BCUT2D eigenvalue weighted by atomic mass is 16.5. The summed E-state index contributed by atoms with van der Waals surface area (Å²) in [6, 6.07) is 6.15. The molecular formula is C16H17N3O5. The van der Waals surface area contributed by atoms with Crippen molar-refractivity contribution in [2.75, 3.05) is 11.9 Å². The zero-order chi connectivity index (χ0) is 17.7. The van der Waals surface area contributed by atoms with Crippen LogP contribution < -0.4 is 10.6 Å². The smallest absolute Gasteiger partial charge is 0.322 e. The molecule has 0 aliphatic carbocycles. The van der Waals surface area contributed by atoms with Gasteiger partial charge >= 0.3 is 5.97 Å². The SMILES string of the molecule is Cc1noc(C)c1CC(=O)Nc1ccc(C(=O)NCC(=O)O)cc1. The lowest BCUT2D eigenvalue weighted by Gasteiger charge is -2.07. The van der Waals surface area contributed by atoms with Crippen molar-refractivity contribution >= 4 is 23.5 Å². The molecule has 0 radical (unpaired) electrons. The lowest BCUT2D eigenvalue weighted by atomic mass is 10.1. The second kappa shape index (κ2) is 7.40. The highest BCUT2D eigenvalue weighted by Crippen LogP contribution is 2.15. The van der Waals surface area contributed by atoms with Crippen LogP contribution in [0.4, 0.5) is 5.69 Å². The monoisotopic (exact) mass is 331 g/mol. The number of carboxylic acid groups (broad SMARTS) is 1. The number of hydrogen-bond donors (Lipinski definition) is 3. The molecule has 0 saturated heterocycles. The minimum Gasteiger partial charge on any atom is -0.480 e. The summed E-state index contributed by atoms with van der Waals surface area (Å²) < 4.78 is 5.01. The fourth-order valence-electron chi connectivity index (χ4n) is 2.08. The van der Waals surface area contributed by atoms with E-state index in [2.05, 4.69) is 15.8 Å². The van der Waals surface area contributed by atoms with Crippen LogP contribution in [0, 0.1) is 13.8 Å². The third-order valence-electron chi connectivity index (χ3n) is 3.35. The first kappa shape index (κ1) is 17.2. The van der Waals surface area contributed by atoms with Crippen LogP contribution >= 0.6 is 0 Å². The maximum atomic E-state index is 12.1. The van der Waals surface area contributed by atoms with Gasteiger partial charge in [-0.05, 0) is 38.1 Å². The molecule has 8 heteroatoms. The number of anilines is 1. The fraction of sp³-hybridized carbons (Fsp3) is 0.250. The van der Waals surface area contributed by atoms with Crippen LogP contribution in [0.25, 0.3) is 0 Å². The summed E-state index contributed by atoms with van der Waals surface area (Å²) in [5, 5.41) is 17.3. The van der Waals surface area contributed by atoms with Gasteiger partial charge in [-0.2, -0.15) is 0 Å². The second-order valence-corrected chi connectivity index (χ2v) is 5.18. The van der Waals surface area contributed by atoms with Crippen molar-refractivity contribution in [3.63, 3.8) is 0 Å². The number of rotatable bonds is 6. The molecule has 24 heavy (non-hydrogen) atoms. The van der Waals surface area contributed by atoms with Gasteiger partial charge in [-0.3, -0.25) is 14.4 Å². The number of aryl methyl sites for hydroxylation is 2. The summed E-state index contributed by atoms with van der Waals surface area (Å²) in [5.41, 5.74) is 2.26. The van der Waals surface area contributed by atoms with Crippen molar-refractivity contribution in [1.82, 2.24) is 10.5 Å². The fourth-order valence-corrected chi connectivity index (χ4v) is 2.08. The Labute approximate surface area is 137 Å². The zero-order valence-electron chi connectivity index (χ0n) is 13.3. The molecular weight excluding hydrogens is 314 g/mol. The molecule has 8 nitrogen and oxygen atoms in total. The van der Waals surface area contributed by atoms with E-state index in [9.17, 15) is 14.4 Å². The van der Waals surface area contributed by atoms with Crippen molar-refractivity contribution in [2.24, 2.45) is 0 Å². The molecule has 0 fully saturated rings. The molecule has 1 aromatic carbocycles. The Morgan fingerprint density at radius 2 is 1.83 bits per heavy atom. The van der Waals surface area contributed by atoms with Crippen LogP contribution in [-0.4, -0.2) is 34.6 Å². The summed E-state index contributed by atoms with van der Waals surface area (Å²) in [6.07, 6.45) is 0.141. The van der Waals surface area contributed by atoms with Gasteiger partial charge in [0.2, 0.25) is 5.91 Å². The van der Waals surface area contributed by atoms with E-state index in [1.165, 1.54) is 12.1 Å². The van der Waals surface area contributed by atoms with E-state index in [-0.39, 0.29) is 12.3 Å². The van der Waals surface area contributed by atoms with Crippen LogP contribution in [0.15, 0.2) is 28.8 Å². The van der Waals surface area contributed by atoms with Gasteiger partial charge in [0.15, 0.2) is 0 Å². The average molecular weight is 331 g/mol. The minimum atomic E-state index is -1.12. The number of benzene rings is 1. The normalized spacial score (nSPS) is 10.2. The number of aromatic nitrogens is 1. The third kappa shape index (κ3) is 4.42. The highest BCUT2D eigenvalue weighted by Gasteiger charge is 2.14. The predicted molar refractivity (Wildman–Crippen MR) is 84.7 cm³/mol. The van der Waals surface area contributed by atoms with Crippen LogP contribution in [0.1, 0.15) is 27.4 Å². The number of carbonyl (C=O) groups excluding carboxylic acids is 2. The van der Waals surface area contributed by atoms with Gasteiger partial charge < -0.3 is 20.3 Å². The first-order valence-corrected chi connectivity index (χ1v) is 7.18. The average Bonchev–Trinajstić information content (AvgIpc) is 2.85. The van der Waals surface area contributed by atoms with Gasteiger partial charge in [-0.25, -0.2) is 0 Å². The number of nitrogens with zero attached hydrogens (tertiary/aromatic N) is 1. The summed E-state index contributed by atoms with van der Waals surface area (Å²) in [7, 11) is 0. The van der Waals surface area contributed by atoms with Crippen LogP contribution in [0.3, 0.4) is 0 Å². The van der Waals surface area contributed by atoms with E-state index in [0.717, 1.165) is 5.56 Å². The Morgan fingerprint density at radius 3 is 2.38 bits per heavy atom. The summed E-state index contributed by atoms with van der Waals surface area (Å²) in [5.74, 6) is -1.24. The second-order valence-electron chi connectivity index (χ2n) is 5.18. The molecule has 0 aliphatic heterocycles. The van der Waals surface area contributed by atoms with Crippen molar-refractivity contribution in [3.05, 3.63) is 46.8 Å². The minimum absolute atomic E-state index is 0.141. The highest BCUT2D eigenvalue weighted by molar-refractivity contribution is 5.97. The van der Waals surface area contributed by atoms with Gasteiger partial charge in [-0.1, -0.05) is 5.16 Å². The molecule has 126 valence electrons. The van der Waals surface area contributed by atoms with Crippen LogP contribution in [0.5, 0.6) is 0 Å². The number of nitrogens with one attached hydrogen (secondary N) is 2. The van der Waals surface area contributed by atoms with E-state index >= 15 is 0 Å². The first-order valence-electron chi connectivity index (χ1n) is 7.18. The summed E-state index contributed by atoms with van der Waals surface area (Å²) in [4.78, 5) is 34.2. The Morgan fingerprint density at radius 1 is 1.17 bits per heavy atom. The molecule has 2 aromatic rings. The maximum absolute atomic E-state index is 12.1.